The summed E-state index contributed by atoms with van der Waals surface area (Å²) in [6, 6.07) is 19.1. The van der Waals surface area contributed by atoms with E-state index in [9.17, 15) is 19.2 Å². The van der Waals surface area contributed by atoms with Crippen molar-refractivity contribution in [2.24, 2.45) is 17.8 Å². The summed E-state index contributed by atoms with van der Waals surface area (Å²) in [5, 5.41) is 0. The van der Waals surface area contributed by atoms with Crippen molar-refractivity contribution in [3.05, 3.63) is 89.5 Å². The predicted molar refractivity (Wildman–Crippen MR) is 160 cm³/mol. The van der Waals surface area contributed by atoms with Crippen LogP contribution in [0.15, 0.2) is 72.8 Å². The Bertz CT molecular complexity index is 1410. The summed E-state index contributed by atoms with van der Waals surface area (Å²) in [6.07, 6.45) is 2.76. The van der Waals surface area contributed by atoms with Crippen molar-refractivity contribution in [1.82, 2.24) is 0 Å². The summed E-state index contributed by atoms with van der Waals surface area (Å²) in [5.41, 5.74) is 1.72. The maximum absolute atomic E-state index is 12.6. The molecule has 0 amide bonds. The molecule has 1 saturated carbocycles. The Balaban J connectivity index is 1.21. The van der Waals surface area contributed by atoms with Crippen LogP contribution in [0.5, 0.6) is 17.2 Å². The first-order valence-corrected chi connectivity index (χ1v) is 14.7. The molecule has 0 aliphatic heterocycles. The van der Waals surface area contributed by atoms with Crippen LogP contribution in [0.4, 0.5) is 0 Å². The van der Waals surface area contributed by atoms with Crippen molar-refractivity contribution in [1.29, 1.82) is 0 Å². The van der Waals surface area contributed by atoms with Crippen LogP contribution in [0.1, 0.15) is 79.2 Å². The van der Waals surface area contributed by atoms with E-state index >= 15 is 0 Å². The Morgan fingerprint density at radius 1 is 0.674 bits per heavy atom. The molecule has 1 aliphatic carbocycles. The summed E-state index contributed by atoms with van der Waals surface area (Å²) in [4.78, 5) is 49.6. The fourth-order valence-corrected chi connectivity index (χ4v) is 5.12. The van der Waals surface area contributed by atoms with Gasteiger partial charge in [-0.15, -0.1) is 0 Å². The molecule has 0 bridgehead atoms. The Labute approximate surface area is 252 Å². The molecule has 3 aromatic carbocycles. The highest BCUT2D eigenvalue weighted by atomic mass is 16.6. The molecule has 43 heavy (non-hydrogen) atoms. The van der Waals surface area contributed by atoms with Gasteiger partial charge in [0.25, 0.3) is 0 Å². The van der Waals surface area contributed by atoms with Gasteiger partial charge in [-0.3, -0.25) is 9.59 Å². The average molecular weight is 587 g/mol. The molecule has 1 aliphatic rings. The second kappa shape index (κ2) is 14.6. The molecular weight excluding hydrogens is 548 g/mol. The van der Waals surface area contributed by atoms with Crippen molar-refractivity contribution in [2.75, 3.05) is 0 Å². The van der Waals surface area contributed by atoms with Gasteiger partial charge in [0.1, 0.15) is 23.4 Å². The quantitative estimate of drug-likeness (QED) is 0.183. The SMILES string of the molecule is Cc1ccc(C(=O)Oc2ccc(OC(=O)c3ccc(OC(=O)CCC(=O)OC4CC(C)CCC4C(C)C)cc3)cc2)cc1. The lowest BCUT2D eigenvalue weighted by Crippen LogP contribution is -2.36. The van der Waals surface area contributed by atoms with Crippen LogP contribution >= 0.6 is 0 Å². The first-order valence-electron chi connectivity index (χ1n) is 14.7. The molecule has 0 aromatic heterocycles. The first-order chi connectivity index (χ1) is 20.6. The van der Waals surface area contributed by atoms with Crippen molar-refractivity contribution in [3.63, 3.8) is 0 Å². The fourth-order valence-electron chi connectivity index (χ4n) is 5.12. The third-order valence-electron chi connectivity index (χ3n) is 7.63. The number of carbonyl (C=O) groups is 4. The Morgan fingerprint density at radius 2 is 1.14 bits per heavy atom. The normalized spacial score (nSPS) is 18.0. The largest absolute Gasteiger partial charge is 0.462 e. The van der Waals surface area contributed by atoms with Gasteiger partial charge in [-0.2, -0.15) is 0 Å². The van der Waals surface area contributed by atoms with Gasteiger partial charge in [0, 0.05) is 0 Å². The number of rotatable bonds is 10. The van der Waals surface area contributed by atoms with Gasteiger partial charge in [-0.25, -0.2) is 9.59 Å². The summed E-state index contributed by atoms with van der Waals surface area (Å²) < 4.78 is 21.8. The van der Waals surface area contributed by atoms with E-state index in [1.807, 2.05) is 19.1 Å². The number of aryl methyl sites for hydroxylation is 1. The molecule has 226 valence electrons. The van der Waals surface area contributed by atoms with Crippen LogP contribution in [0.25, 0.3) is 0 Å². The number of hydrogen-bond donors (Lipinski definition) is 0. The van der Waals surface area contributed by atoms with E-state index in [4.69, 9.17) is 18.9 Å². The summed E-state index contributed by atoms with van der Waals surface area (Å²) >= 11 is 0. The summed E-state index contributed by atoms with van der Waals surface area (Å²) in [5.74, 6) is 0.0581. The van der Waals surface area contributed by atoms with E-state index < -0.39 is 23.9 Å². The number of ether oxygens (including phenoxy) is 4. The predicted octanol–water partition coefficient (Wildman–Crippen LogP) is 7.12. The third-order valence-corrected chi connectivity index (χ3v) is 7.63. The Morgan fingerprint density at radius 3 is 1.67 bits per heavy atom. The maximum atomic E-state index is 12.6. The summed E-state index contributed by atoms with van der Waals surface area (Å²) in [6.45, 7) is 8.40. The molecule has 0 spiro atoms. The molecule has 3 atom stereocenters. The van der Waals surface area contributed by atoms with Gasteiger partial charge in [-0.05, 0) is 98.2 Å². The average Bonchev–Trinajstić information content (AvgIpc) is 2.97. The van der Waals surface area contributed by atoms with E-state index in [1.165, 1.54) is 48.5 Å². The van der Waals surface area contributed by atoms with Crippen LogP contribution in [-0.2, 0) is 14.3 Å². The maximum Gasteiger partial charge on any atom is 0.343 e. The van der Waals surface area contributed by atoms with E-state index in [1.54, 1.807) is 12.1 Å². The first kappa shape index (κ1) is 31.5. The number of benzene rings is 3. The standard InChI is InChI=1S/C35H38O8/c1-22(2)30-18-7-24(4)21-31(30)43-33(37)20-19-32(36)40-27-12-10-26(11-13-27)35(39)42-29-16-14-28(15-17-29)41-34(38)25-8-5-23(3)6-9-25/h5-6,8-17,22,24,30-31H,7,18-21H2,1-4H3. The van der Waals surface area contributed by atoms with Gasteiger partial charge >= 0.3 is 23.9 Å². The molecule has 3 aromatic rings. The number of carbonyl (C=O) groups excluding carboxylic acids is 4. The lowest BCUT2D eigenvalue weighted by atomic mass is 9.75. The van der Waals surface area contributed by atoms with E-state index in [-0.39, 0.29) is 36.0 Å². The summed E-state index contributed by atoms with van der Waals surface area (Å²) in [7, 11) is 0. The second-order valence-corrected chi connectivity index (χ2v) is 11.5. The van der Waals surface area contributed by atoms with E-state index in [0.717, 1.165) is 24.8 Å². The molecule has 8 heteroatoms. The number of hydrogen-bond acceptors (Lipinski definition) is 8. The molecule has 8 nitrogen and oxygen atoms in total. The lowest BCUT2D eigenvalue weighted by Gasteiger charge is -2.36. The smallest absolute Gasteiger partial charge is 0.343 e. The third kappa shape index (κ3) is 9.26. The molecule has 4 rings (SSSR count). The van der Waals surface area contributed by atoms with Gasteiger partial charge in [0.15, 0.2) is 0 Å². The zero-order valence-corrected chi connectivity index (χ0v) is 25.0. The molecule has 0 N–H and O–H groups in total. The van der Waals surface area contributed by atoms with Crippen molar-refractivity contribution >= 4 is 23.9 Å². The Kier molecular flexibility index (Phi) is 10.7. The van der Waals surface area contributed by atoms with Gasteiger partial charge < -0.3 is 18.9 Å². The minimum Gasteiger partial charge on any atom is -0.462 e. The minimum atomic E-state index is -0.609. The van der Waals surface area contributed by atoms with Crippen molar-refractivity contribution < 1.29 is 38.1 Å². The van der Waals surface area contributed by atoms with E-state index in [0.29, 0.717) is 29.1 Å². The van der Waals surface area contributed by atoms with Crippen LogP contribution in [0, 0.1) is 24.7 Å². The highest BCUT2D eigenvalue weighted by Crippen LogP contribution is 2.35. The van der Waals surface area contributed by atoms with E-state index in [2.05, 4.69) is 20.8 Å². The zero-order chi connectivity index (χ0) is 30.9. The van der Waals surface area contributed by atoms with Crippen LogP contribution in [0.3, 0.4) is 0 Å². The highest BCUT2D eigenvalue weighted by molar-refractivity contribution is 5.92. The Hall–Kier alpha value is -4.46. The van der Waals surface area contributed by atoms with Gasteiger partial charge in [0.2, 0.25) is 0 Å². The molecule has 0 radical (unpaired) electrons. The van der Waals surface area contributed by atoms with Crippen LogP contribution < -0.4 is 14.2 Å². The molecule has 1 fully saturated rings. The van der Waals surface area contributed by atoms with Crippen molar-refractivity contribution in [3.8, 4) is 17.2 Å². The highest BCUT2D eigenvalue weighted by Gasteiger charge is 2.33. The monoisotopic (exact) mass is 586 g/mol. The van der Waals surface area contributed by atoms with Crippen LogP contribution in [0.2, 0.25) is 0 Å². The topological polar surface area (TPSA) is 105 Å². The van der Waals surface area contributed by atoms with Gasteiger partial charge in [0.05, 0.1) is 24.0 Å². The molecular formula is C35H38O8. The zero-order valence-electron chi connectivity index (χ0n) is 25.0. The molecule has 3 unspecified atom stereocenters. The lowest BCUT2D eigenvalue weighted by molar-refractivity contribution is -0.157. The minimum absolute atomic E-state index is 0.0527. The van der Waals surface area contributed by atoms with Gasteiger partial charge in [-0.1, -0.05) is 44.9 Å². The molecule has 0 heterocycles. The second-order valence-electron chi connectivity index (χ2n) is 11.5. The number of esters is 4. The van der Waals surface area contributed by atoms with Crippen molar-refractivity contribution in [2.45, 2.75) is 65.9 Å². The molecule has 0 saturated heterocycles. The van der Waals surface area contributed by atoms with Crippen LogP contribution in [-0.4, -0.2) is 30.0 Å². The fraction of sp³-hybridized carbons (Fsp3) is 0.371.